The molecule has 0 aliphatic carbocycles. The molecule has 0 radical (unpaired) electrons. The average molecular weight is 440 g/mol. The Morgan fingerprint density at radius 3 is 2.58 bits per heavy atom. The highest BCUT2D eigenvalue weighted by molar-refractivity contribution is 6.12. The van der Waals surface area contributed by atoms with Gasteiger partial charge in [-0.1, -0.05) is 36.4 Å². The van der Waals surface area contributed by atoms with Crippen LogP contribution in [0, 0.1) is 0 Å². The molecule has 2 aromatic carbocycles. The smallest absolute Gasteiger partial charge is 0.304 e. The van der Waals surface area contributed by atoms with Gasteiger partial charge < -0.3 is 4.74 Å². The number of carbonyl (C=O) groups excluding carboxylic acids is 2. The summed E-state index contributed by atoms with van der Waals surface area (Å²) in [6.07, 6.45) is 3.70. The first-order chi connectivity index (χ1) is 15.9. The maximum Gasteiger partial charge on any atom is 0.304 e. The Kier molecular flexibility index (Phi) is 4.78. The molecule has 0 bridgehead atoms. The molecule has 164 valence electrons. The van der Waals surface area contributed by atoms with Crippen molar-refractivity contribution in [3.8, 4) is 0 Å². The zero-order valence-corrected chi connectivity index (χ0v) is 18.0. The topological polar surface area (TPSA) is 105 Å². The molecule has 3 heterocycles. The SMILES string of the molecule is CC(=O)OC1(C)C(=O)N(c2cncc(Cc3n[nH]c(=O)c4ccccc34)c2)c2ccccc21. The molecule has 1 amide bonds. The highest BCUT2D eigenvalue weighted by atomic mass is 16.6. The van der Waals surface area contributed by atoms with Crippen LogP contribution in [-0.2, 0) is 26.3 Å². The minimum atomic E-state index is -1.42. The molecule has 1 aliphatic rings. The molecule has 4 aromatic rings. The van der Waals surface area contributed by atoms with Gasteiger partial charge in [0, 0.05) is 30.5 Å². The van der Waals surface area contributed by atoms with Gasteiger partial charge in [0.1, 0.15) is 0 Å². The molecule has 8 heteroatoms. The standard InChI is InChI=1S/C25H20N4O4/c1-15(30)33-25(2)20-9-5-6-10-22(20)29(24(25)32)17-11-16(13-26-14-17)12-21-18-7-3-4-8-19(18)23(31)28-27-21/h3-11,13-14H,12H2,1-2H3,(H,28,31). The highest BCUT2D eigenvalue weighted by Crippen LogP contribution is 2.46. The van der Waals surface area contributed by atoms with Crippen molar-refractivity contribution in [3.05, 3.63) is 94.2 Å². The zero-order chi connectivity index (χ0) is 23.2. The number of hydrogen-bond acceptors (Lipinski definition) is 6. The predicted octanol–water partition coefficient (Wildman–Crippen LogP) is 3.37. The van der Waals surface area contributed by atoms with Gasteiger partial charge >= 0.3 is 5.97 Å². The number of fused-ring (bicyclic) bond motifs is 2. The van der Waals surface area contributed by atoms with Crippen LogP contribution in [-0.4, -0.2) is 27.1 Å². The Morgan fingerprint density at radius 2 is 1.79 bits per heavy atom. The molecule has 1 N–H and O–H groups in total. The van der Waals surface area contributed by atoms with E-state index in [0.717, 1.165) is 10.9 Å². The van der Waals surface area contributed by atoms with Crippen LogP contribution in [0.2, 0.25) is 0 Å². The van der Waals surface area contributed by atoms with Gasteiger partial charge in [-0.05, 0) is 30.7 Å². The number of nitrogens with zero attached hydrogens (tertiary/aromatic N) is 3. The second kappa shape index (κ2) is 7.67. The predicted molar refractivity (Wildman–Crippen MR) is 122 cm³/mol. The second-order valence-corrected chi connectivity index (χ2v) is 8.06. The van der Waals surface area contributed by atoms with E-state index >= 15 is 0 Å². The summed E-state index contributed by atoms with van der Waals surface area (Å²) in [7, 11) is 0. The van der Waals surface area contributed by atoms with Gasteiger partial charge in [-0.2, -0.15) is 5.10 Å². The fourth-order valence-corrected chi connectivity index (χ4v) is 4.34. The number of H-pyrrole nitrogens is 1. The van der Waals surface area contributed by atoms with Crippen LogP contribution < -0.4 is 10.5 Å². The number of esters is 1. The Labute approximate surface area is 188 Å². The lowest BCUT2D eigenvalue weighted by Gasteiger charge is -2.24. The minimum absolute atomic E-state index is 0.245. The van der Waals surface area contributed by atoms with Gasteiger partial charge in [-0.15, -0.1) is 0 Å². The number of aromatic amines is 1. The molecule has 0 spiro atoms. The largest absolute Gasteiger partial charge is 0.444 e. The molecule has 1 unspecified atom stereocenters. The lowest BCUT2D eigenvalue weighted by molar-refractivity contribution is -0.163. The van der Waals surface area contributed by atoms with E-state index in [1.165, 1.54) is 11.8 Å². The third-order valence-corrected chi connectivity index (χ3v) is 5.80. The van der Waals surface area contributed by atoms with E-state index in [9.17, 15) is 14.4 Å². The molecular weight excluding hydrogens is 420 g/mol. The fourth-order valence-electron chi connectivity index (χ4n) is 4.34. The van der Waals surface area contributed by atoms with Crippen molar-refractivity contribution in [2.24, 2.45) is 0 Å². The van der Waals surface area contributed by atoms with Crippen LogP contribution in [0.4, 0.5) is 11.4 Å². The van der Waals surface area contributed by atoms with E-state index in [1.54, 1.807) is 43.6 Å². The van der Waals surface area contributed by atoms with E-state index in [0.29, 0.717) is 34.4 Å². The number of pyridine rings is 1. The summed E-state index contributed by atoms with van der Waals surface area (Å²) < 4.78 is 5.48. The van der Waals surface area contributed by atoms with Gasteiger partial charge in [0.15, 0.2) is 0 Å². The monoisotopic (exact) mass is 440 g/mol. The van der Waals surface area contributed by atoms with Gasteiger partial charge in [0.05, 0.1) is 28.7 Å². The molecule has 0 saturated carbocycles. The van der Waals surface area contributed by atoms with Gasteiger partial charge in [-0.25, -0.2) is 5.10 Å². The summed E-state index contributed by atoms with van der Waals surface area (Å²) in [5.74, 6) is -0.907. The number of para-hydroxylation sites is 1. The fraction of sp³-hybridized carbons (Fsp3) is 0.160. The molecule has 0 saturated heterocycles. The lowest BCUT2D eigenvalue weighted by Crippen LogP contribution is -2.39. The second-order valence-electron chi connectivity index (χ2n) is 8.06. The number of hydrogen-bond donors (Lipinski definition) is 1. The quantitative estimate of drug-likeness (QED) is 0.488. The number of ether oxygens (including phenoxy) is 1. The summed E-state index contributed by atoms with van der Waals surface area (Å²) >= 11 is 0. The number of carbonyl (C=O) groups is 2. The molecule has 1 atom stereocenters. The van der Waals surface area contributed by atoms with Crippen LogP contribution in [0.3, 0.4) is 0 Å². The van der Waals surface area contributed by atoms with Gasteiger partial charge in [0.2, 0.25) is 5.60 Å². The van der Waals surface area contributed by atoms with E-state index in [1.807, 2.05) is 30.3 Å². The first-order valence-corrected chi connectivity index (χ1v) is 10.4. The van der Waals surface area contributed by atoms with Crippen molar-refractivity contribution in [3.63, 3.8) is 0 Å². The van der Waals surface area contributed by atoms with Crippen molar-refractivity contribution in [1.29, 1.82) is 0 Å². The average Bonchev–Trinajstić information content (AvgIpc) is 3.02. The Morgan fingerprint density at radius 1 is 1.06 bits per heavy atom. The van der Waals surface area contributed by atoms with E-state index in [4.69, 9.17) is 4.74 Å². The van der Waals surface area contributed by atoms with Crippen molar-refractivity contribution in [2.75, 3.05) is 4.90 Å². The number of rotatable bonds is 4. The Balaban J connectivity index is 1.56. The summed E-state index contributed by atoms with van der Waals surface area (Å²) in [6, 6.07) is 16.3. The highest BCUT2D eigenvalue weighted by Gasteiger charge is 2.50. The first kappa shape index (κ1) is 20.6. The van der Waals surface area contributed by atoms with Gasteiger partial charge in [0.25, 0.3) is 11.5 Å². The van der Waals surface area contributed by atoms with Gasteiger partial charge in [-0.3, -0.25) is 24.3 Å². The van der Waals surface area contributed by atoms with Crippen LogP contribution in [0.25, 0.3) is 10.8 Å². The third-order valence-electron chi connectivity index (χ3n) is 5.80. The third kappa shape index (κ3) is 3.36. The van der Waals surface area contributed by atoms with Crippen molar-refractivity contribution < 1.29 is 14.3 Å². The summed E-state index contributed by atoms with van der Waals surface area (Å²) in [5, 5.41) is 8.10. The summed E-state index contributed by atoms with van der Waals surface area (Å²) in [4.78, 5) is 43.2. The number of nitrogens with one attached hydrogen (secondary N) is 1. The first-order valence-electron chi connectivity index (χ1n) is 10.4. The molecule has 8 nitrogen and oxygen atoms in total. The Bertz CT molecular complexity index is 1480. The normalized spacial score (nSPS) is 17.3. The molecule has 33 heavy (non-hydrogen) atoms. The summed E-state index contributed by atoms with van der Waals surface area (Å²) in [5.41, 5.74) is 1.64. The van der Waals surface area contributed by atoms with Crippen molar-refractivity contribution in [2.45, 2.75) is 25.9 Å². The van der Waals surface area contributed by atoms with E-state index in [-0.39, 0.29) is 11.5 Å². The summed E-state index contributed by atoms with van der Waals surface area (Å²) in [6.45, 7) is 2.89. The number of amides is 1. The van der Waals surface area contributed by atoms with Crippen molar-refractivity contribution in [1.82, 2.24) is 15.2 Å². The molecular formula is C25H20N4O4. The van der Waals surface area contributed by atoms with E-state index < -0.39 is 11.6 Å². The molecule has 1 aliphatic heterocycles. The van der Waals surface area contributed by atoms with Crippen LogP contribution in [0.1, 0.15) is 30.7 Å². The lowest BCUT2D eigenvalue weighted by atomic mass is 9.97. The van der Waals surface area contributed by atoms with Crippen LogP contribution >= 0.6 is 0 Å². The minimum Gasteiger partial charge on any atom is -0.444 e. The number of anilines is 2. The molecule has 2 aromatic heterocycles. The number of aromatic nitrogens is 3. The molecule has 5 rings (SSSR count). The Hall–Kier alpha value is -4.33. The molecule has 0 fully saturated rings. The maximum absolute atomic E-state index is 13.5. The zero-order valence-electron chi connectivity index (χ0n) is 18.0. The van der Waals surface area contributed by atoms with E-state index in [2.05, 4.69) is 15.2 Å². The maximum atomic E-state index is 13.5. The van der Waals surface area contributed by atoms with Crippen LogP contribution in [0.5, 0.6) is 0 Å². The van der Waals surface area contributed by atoms with Crippen molar-refractivity contribution >= 4 is 34.0 Å². The number of benzene rings is 2. The van der Waals surface area contributed by atoms with Crippen LogP contribution in [0.15, 0.2) is 71.8 Å².